The van der Waals surface area contributed by atoms with Crippen molar-refractivity contribution >= 4 is 35.8 Å². The van der Waals surface area contributed by atoms with Gasteiger partial charge >= 0.3 is 0 Å². The lowest BCUT2D eigenvalue weighted by Crippen LogP contribution is -2.53. The molecule has 1 aromatic carbocycles. The number of benzene rings is 1. The van der Waals surface area contributed by atoms with Gasteiger partial charge in [-0.15, -0.1) is 24.0 Å². The first-order valence-corrected chi connectivity index (χ1v) is 10.0. The molecule has 1 fully saturated rings. The number of hydrogen-bond donors (Lipinski definition) is 1. The third-order valence-corrected chi connectivity index (χ3v) is 4.84. The van der Waals surface area contributed by atoms with Crippen molar-refractivity contribution in [2.45, 2.75) is 33.1 Å². The molecule has 0 radical (unpaired) electrons. The van der Waals surface area contributed by atoms with Crippen molar-refractivity contribution in [3.8, 4) is 0 Å². The average molecular weight is 526 g/mol. The maximum atomic E-state index is 12.4. The Morgan fingerprint density at radius 1 is 1.13 bits per heavy atom. The SMILES string of the molecule is CN=C(NCc1cccc(COC(C)C)c1)N1CCN(C(=O)c2ccco2)CC1.I. The van der Waals surface area contributed by atoms with Crippen LogP contribution in [0.4, 0.5) is 0 Å². The lowest BCUT2D eigenvalue weighted by Gasteiger charge is -2.36. The molecule has 1 amide bonds. The first-order valence-electron chi connectivity index (χ1n) is 10.0. The number of nitrogens with one attached hydrogen (secondary N) is 1. The van der Waals surface area contributed by atoms with Gasteiger partial charge in [0.2, 0.25) is 0 Å². The average Bonchev–Trinajstić information content (AvgIpc) is 3.28. The van der Waals surface area contributed by atoms with E-state index in [0.717, 1.165) is 24.6 Å². The molecule has 0 bridgehead atoms. The molecule has 2 aromatic rings. The van der Waals surface area contributed by atoms with Crippen molar-refractivity contribution in [1.29, 1.82) is 0 Å². The number of furan rings is 1. The van der Waals surface area contributed by atoms with Crippen molar-refractivity contribution in [2.75, 3.05) is 33.2 Å². The molecule has 7 nitrogen and oxygen atoms in total. The van der Waals surface area contributed by atoms with E-state index in [1.54, 1.807) is 19.2 Å². The Morgan fingerprint density at radius 2 is 1.83 bits per heavy atom. The van der Waals surface area contributed by atoms with Gasteiger partial charge in [0.25, 0.3) is 5.91 Å². The van der Waals surface area contributed by atoms with Crippen LogP contribution in [0.2, 0.25) is 0 Å². The zero-order valence-electron chi connectivity index (χ0n) is 17.8. The van der Waals surface area contributed by atoms with E-state index in [0.29, 0.717) is 32.0 Å². The first kappa shape index (κ1) is 24.2. The van der Waals surface area contributed by atoms with E-state index < -0.39 is 0 Å². The van der Waals surface area contributed by atoms with E-state index in [1.807, 2.05) is 18.7 Å². The Balaban J connectivity index is 0.00000320. The van der Waals surface area contributed by atoms with Crippen molar-refractivity contribution < 1.29 is 13.9 Å². The van der Waals surface area contributed by atoms with Gasteiger partial charge in [0, 0.05) is 39.8 Å². The third kappa shape index (κ3) is 6.73. The lowest BCUT2D eigenvalue weighted by molar-refractivity contribution is 0.0653. The highest BCUT2D eigenvalue weighted by Crippen LogP contribution is 2.11. The molecule has 2 heterocycles. The molecule has 0 spiro atoms. The standard InChI is InChI=1S/C22H30N4O3.HI/c1-17(2)29-16-19-7-4-6-18(14-19)15-24-22(23-3)26-11-9-25(10-12-26)21(27)20-8-5-13-28-20;/h4-8,13-14,17H,9-12,15-16H2,1-3H3,(H,23,24);1H. The number of guanidine groups is 1. The second-order valence-corrected chi connectivity index (χ2v) is 7.34. The second-order valence-electron chi connectivity index (χ2n) is 7.34. The van der Waals surface area contributed by atoms with Gasteiger partial charge in [0.1, 0.15) is 0 Å². The smallest absolute Gasteiger partial charge is 0.289 e. The minimum absolute atomic E-state index is 0. The Morgan fingerprint density at radius 3 is 2.47 bits per heavy atom. The van der Waals surface area contributed by atoms with Crippen LogP contribution in [0.5, 0.6) is 0 Å². The van der Waals surface area contributed by atoms with Gasteiger partial charge in [0.05, 0.1) is 19.0 Å². The van der Waals surface area contributed by atoms with E-state index in [9.17, 15) is 4.79 Å². The molecular formula is C22H31IN4O3. The molecule has 1 N–H and O–H groups in total. The Kier molecular flexibility index (Phi) is 9.64. The highest BCUT2D eigenvalue weighted by Gasteiger charge is 2.25. The van der Waals surface area contributed by atoms with Gasteiger partial charge in [-0.05, 0) is 37.1 Å². The molecule has 0 unspecified atom stereocenters. The number of aliphatic imine (C=N–C) groups is 1. The quantitative estimate of drug-likeness (QED) is 0.355. The number of rotatable bonds is 6. The normalized spacial score (nSPS) is 14.6. The maximum absolute atomic E-state index is 12.4. The maximum Gasteiger partial charge on any atom is 0.289 e. The Hall–Kier alpha value is -2.07. The molecule has 0 saturated carbocycles. The van der Waals surface area contributed by atoms with Crippen LogP contribution in [0.3, 0.4) is 0 Å². The summed E-state index contributed by atoms with van der Waals surface area (Å²) >= 11 is 0. The summed E-state index contributed by atoms with van der Waals surface area (Å²) in [4.78, 5) is 20.8. The number of carbonyl (C=O) groups is 1. The zero-order valence-corrected chi connectivity index (χ0v) is 20.2. The molecule has 0 aliphatic carbocycles. The molecule has 3 rings (SSSR count). The molecule has 1 saturated heterocycles. The number of nitrogens with zero attached hydrogens (tertiary/aromatic N) is 3. The van der Waals surface area contributed by atoms with Crippen molar-refractivity contribution in [3.05, 3.63) is 59.5 Å². The Bertz CT molecular complexity index is 816. The highest BCUT2D eigenvalue weighted by atomic mass is 127. The van der Waals surface area contributed by atoms with E-state index in [-0.39, 0.29) is 36.0 Å². The number of ether oxygens (including phenoxy) is 1. The first-order chi connectivity index (χ1) is 14.1. The minimum atomic E-state index is -0.0574. The van der Waals surface area contributed by atoms with Crippen LogP contribution in [0.15, 0.2) is 52.1 Å². The van der Waals surface area contributed by atoms with Gasteiger partial charge in [-0.25, -0.2) is 0 Å². The molecule has 30 heavy (non-hydrogen) atoms. The van der Waals surface area contributed by atoms with Gasteiger partial charge in [-0.3, -0.25) is 9.79 Å². The van der Waals surface area contributed by atoms with Crippen LogP contribution >= 0.6 is 24.0 Å². The molecule has 8 heteroatoms. The summed E-state index contributed by atoms with van der Waals surface area (Å²) in [6.07, 6.45) is 1.74. The number of amides is 1. The number of piperazine rings is 1. The van der Waals surface area contributed by atoms with E-state index >= 15 is 0 Å². The number of carbonyl (C=O) groups excluding carboxylic acids is 1. The fourth-order valence-electron chi connectivity index (χ4n) is 3.28. The molecule has 1 aliphatic heterocycles. The summed E-state index contributed by atoms with van der Waals surface area (Å²) in [5.41, 5.74) is 2.35. The van der Waals surface area contributed by atoms with Gasteiger partial charge in [-0.1, -0.05) is 24.3 Å². The third-order valence-electron chi connectivity index (χ3n) is 4.84. The van der Waals surface area contributed by atoms with E-state index in [1.165, 1.54) is 11.8 Å². The van der Waals surface area contributed by atoms with Gasteiger partial charge in [-0.2, -0.15) is 0 Å². The predicted octanol–water partition coefficient (Wildman–Crippen LogP) is 3.36. The molecule has 164 valence electrons. The summed E-state index contributed by atoms with van der Waals surface area (Å²) < 4.78 is 10.9. The van der Waals surface area contributed by atoms with Crippen LogP contribution in [0.25, 0.3) is 0 Å². The topological polar surface area (TPSA) is 70.3 Å². The largest absolute Gasteiger partial charge is 0.459 e. The molecular weight excluding hydrogens is 495 g/mol. The lowest BCUT2D eigenvalue weighted by atomic mass is 10.1. The zero-order chi connectivity index (χ0) is 20.6. The summed E-state index contributed by atoms with van der Waals surface area (Å²) in [7, 11) is 1.79. The monoisotopic (exact) mass is 526 g/mol. The molecule has 1 aromatic heterocycles. The summed E-state index contributed by atoms with van der Waals surface area (Å²) in [5, 5.41) is 3.43. The van der Waals surface area contributed by atoms with E-state index in [2.05, 4.69) is 39.5 Å². The van der Waals surface area contributed by atoms with Crippen LogP contribution in [0.1, 0.15) is 35.5 Å². The minimum Gasteiger partial charge on any atom is -0.459 e. The summed E-state index contributed by atoms with van der Waals surface area (Å²) in [6.45, 7) is 8.13. The van der Waals surface area contributed by atoms with Crippen molar-refractivity contribution in [1.82, 2.24) is 15.1 Å². The molecule has 0 atom stereocenters. The fraction of sp³-hybridized carbons (Fsp3) is 0.455. The van der Waals surface area contributed by atoms with Crippen molar-refractivity contribution in [2.24, 2.45) is 4.99 Å². The van der Waals surface area contributed by atoms with E-state index in [4.69, 9.17) is 9.15 Å². The van der Waals surface area contributed by atoms with Crippen LogP contribution in [-0.4, -0.2) is 61.0 Å². The Labute approximate surface area is 195 Å². The predicted molar refractivity (Wildman–Crippen MR) is 128 cm³/mol. The van der Waals surface area contributed by atoms with Gasteiger partial charge in [0.15, 0.2) is 11.7 Å². The summed E-state index contributed by atoms with van der Waals surface area (Å²) in [6, 6.07) is 11.8. The molecule has 1 aliphatic rings. The van der Waals surface area contributed by atoms with Crippen molar-refractivity contribution in [3.63, 3.8) is 0 Å². The fourth-order valence-corrected chi connectivity index (χ4v) is 3.28. The second kappa shape index (κ2) is 11.9. The number of halogens is 1. The highest BCUT2D eigenvalue weighted by molar-refractivity contribution is 14.0. The number of hydrogen-bond acceptors (Lipinski definition) is 4. The summed E-state index contributed by atoms with van der Waals surface area (Å²) in [5.74, 6) is 1.18. The van der Waals surface area contributed by atoms with Crippen LogP contribution in [0, 0.1) is 0 Å². The van der Waals surface area contributed by atoms with Gasteiger partial charge < -0.3 is 24.3 Å². The van der Waals surface area contributed by atoms with Crippen LogP contribution in [-0.2, 0) is 17.9 Å². The van der Waals surface area contributed by atoms with Crippen LogP contribution < -0.4 is 5.32 Å².